The molecule has 0 saturated heterocycles. The van der Waals surface area contributed by atoms with Gasteiger partial charge in [0, 0.05) is 23.0 Å². The third kappa shape index (κ3) is 6.75. The summed E-state index contributed by atoms with van der Waals surface area (Å²) in [6.07, 6.45) is 6.72. The summed E-state index contributed by atoms with van der Waals surface area (Å²) in [7, 11) is 0. The molecule has 0 aliphatic carbocycles. The number of fused-ring (bicyclic) bond motifs is 4. The first-order valence-corrected chi connectivity index (χ1v) is 20.3. The van der Waals surface area contributed by atoms with E-state index in [0.717, 1.165) is 90.4 Å². The Labute approximate surface area is 345 Å². The van der Waals surface area contributed by atoms with E-state index in [1.807, 2.05) is 12.3 Å². The standard InChI is InChI=1S/C54H44N4O/c1-37-16-13-27-49-52(37)57(53-44(39-17-7-5-8-18-39)24-15-25-45(53)40-19-9-6-10-20-40)36-56(49)41-21-14-22-42(33-41)59-43-28-29-47-46-23-11-12-26-48(46)58(50(47)34-43)51-32-38(30-31-55-51)35-54(2,3)4/h5-34H,35H2,1-4H3. The number of imidazole rings is 1. The molecule has 7 aromatic carbocycles. The summed E-state index contributed by atoms with van der Waals surface area (Å²) in [5.74, 6) is 2.39. The van der Waals surface area contributed by atoms with E-state index in [4.69, 9.17) is 9.72 Å². The molecule has 0 unspecified atom stereocenters. The Hall–Kier alpha value is -7.24. The van der Waals surface area contributed by atoms with Crippen molar-refractivity contribution >= 4 is 32.8 Å². The summed E-state index contributed by atoms with van der Waals surface area (Å²) in [5.41, 5.74) is 13.5. The van der Waals surface area contributed by atoms with Crippen molar-refractivity contribution in [2.75, 3.05) is 0 Å². The Kier molecular flexibility index (Phi) is 8.94. The molecule has 5 nitrogen and oxygen atoms in total. The number of nitrogens with zero attached hydrogens (tertiary/aromatic N) is 4. The summed E-state index contributed by atoms with van der Waals surface area (Å²) in [6, 6.07) is 61.8. The van der Waals surface area contributed by atoms with Gasteiger partial charge in [-0.25, -0.2) is 4.98 Å². The van der Waals surface area contributed by atoms with Gasteiger partial charge in [-0.05, 0) is 101 Å². The quantitative estimate of drug-likeness (QED) is 0.114. The zero-order valence-electron chi connectivity index (χ0n) is 33.7. The lowest BCUT2D eigenvalue weighted by atomic mass is 9.88. The molecule has 0 fully saturated rings. The summed E-state index contributed by atoms with van der Waals surface area (Å²) in [6.45, 7) is 8.99. The number of para-hydroxylation sites is 3. The van der Waals surface area contributed by atoms with E-state index < -0.39 is 0 Å². The number of hydrogen-bond donors (Lipinski definition) is 0. The van der Waals surface area contributed by atoms with E-state index in [0.29, 0.717) is 0 Å². The molecule has 0 aliphatic heterocycles. The van der Waals surface area contributed by atoms with Gasteiger partial charge >= 0.3 is 0 Å². The number of ether oxygens (including phenoxy) is 1. The second-order valence-corrected chi connectivity index (χ2v) is 16.5. The predicted octanol–water partition coefficient (Wildman–Crippen LogP) is 13.2. The fourth-order valence-corrected chi connectivity index (χ4v) is 8.55. The van der Waals surface area contributed by atoms with Crippen LogP contribution in [0.15, 0.2) is 182 Å². The first-order chi connectivity index (χ1) is 28.8. The van der Waals surface area contributed by atoms with Crippen LogP contribution in [-0.2, 0) is 6.42 Å². The fourth-order valence-electron chi connectivity index (χ4n) is 8.55. The summed E-state index contributed by atoms with van der Waals surface area (Å²) in [4.78, 5) is 4.88. The maximum absolute atomic E-state index is 6.74. The molecule has 0 aliphatic rings. The highest BCUT2D eigenvalue weighted by atomic mass is 16.5. The van der Waals surface area contributed by atoms with Gasteiger partial charge in [-0.15, -0.1) is 0 Å². The zero-order valence-corrected chi connectivity index (χ0v) is 33.7. The summed E-state index contributed by atoms with van der Waals surface area (Å²) < 4.78 is 13.4. The maximum Gasteiger partial charge on any atom is 0.269 e. The zero-order chi connectivity index (χ0) is 40.1. The molecule has 5 heteroatoms. The second kappa shape index (κ2) is 14.6. The molecule has 3 aromatic heterocycles. The predicted molar refractivity (Wildman–Crippen MR) is 241 cm³/mol. The Balaban J connectivity index is 1.09. The molecule has 0 N–H and O–H groups in total. The number of hydrogen-bond acceptors (Lipinski definition) is 2. The molecule has 59 heavy (non-hydrogen) atoms. The summed E-state index contributed by atoms with van der Waals surface area (Å²) in [5, 5.41) is 2.34. The number of aryl methyl sites for hydroxylation is 1. The number of pyridine rings is 1. The van der Waals surface area contributed by atoms with Crippen molar-refractivity contribution in [2.45, 2.75) is 34.1 Å². The minimum absolute atomic E-state index is 0.163. The van der Waals surface area contributed by atoms with Crippen LogP contribution < -0.4 is 9.30 Å². The van der Waals surface area contributed by atoms with Crippen molar-refractivity contribution in [1.82, 2.24) is 14.1 Å². The van der Waals surface area contributed by atoms with Crippen LogP contribution in [0.2, 0.25) is 0 Å². The lowest BCUT2D eigenvalue weighted by Gasteiger charge is -2.18. The normalized spacial score (nSPS) is 11.8. The Morgan fingerprint density at radius 1 is 0.593 bits per heavy atom. The van der Waals surface area contributed by atoms with Crippen LogP contribution >= 0.6 is 0 Å². The molecule has 0 bridgehead atoms. The van der Waals surface area contributed by atoms with Crippen molar-refractivity contribution in [2.24, 2.45) is 5.41 Å². The monoisotopic (exact) mass is 764 g/mol. The SMILES string of the molecule is Cc1cccc2c1[n+](-c1c(-c3ccccc3)cccc1-c1ccccc1)[c-]n2-c1cccc(Oc2ccc3c4ccccc4n(-c4cc(CC(C)(C)C)ccn4)c3c2)c1. The number of benzene rings is 7. The van der Waals surface area contributed by atoms with Crippen molar-refractivity contribution in [1.29, 1.82) is 0 Å². The summed E-state index contributed by atoms with van der Waals surface area (Å²) >= 11 is 0. The van der Waals surface area contributed by atoms with E-state index in [9.17, 15) is 0 Å². The average molecular weight is 765 g/mol. The van der Waals surface area contributed by atoms with E-state index >= 15 is 0 Å². The van der Waals surface area contributed by atoms with Gasteiger partial charge in [0.15, 0.2) is 0 Å². The minimum atomic E-state index is 0.163. The lowest BCUT2D eigenvalue weighted by molar-refractivity contribution is -0.571. The van der Waals surface area contributed by atoms with Crippen molar-refractivity contribution in [3.8, 4) is 50.9 Å². The minimum Gasteiger partial charge on any atom is -0.458 e. The highest BCUT2D eigenvalue weighted by Gasteiger charge is 2.21. The van der Waals surface area contributed by atoms with Crippen LogP contribution in [0, 0.1) is 18.7 Å². The number of aromatic nitrogens is 4. The van der Waals surface area contributed by atoms with Crippen molar-refractivity contribution < 1.29 is 9.30 Å². The molecule has 0 spiro atoms. The van der Waals surface area contributed by atoms with Gasteiger partial charge in [-0.2, -0.15) is 0 Å². The van der Waals surface area contributed by atoms with E-state index in [-0.39, 0.29) is 5.41 Å². The van der Waals surface area contributed by atoms with Crippen molar-refractivity contribution in [3.63, 3.8) is 0 Å². The van der Waals surface area contributed by atoms with Gasteiger partial charge in [-0.3, -0.25) is 13.7 Å². The molecule has 0 amide bonds. The largest absolute Gasteiger partial charge is 0.458 e. The molecule has 10 aromatic rings. The second-order valence-electron chi connectivity index (χ2n) is 16.5. The van der Waals surface area contributed by atoms with Crippen LogP contribution in [-0.4, -0.2) is 14.1 Å². The molecule has 286 valence electrons. The molecule has 3 heterocycles. The third-order valence-electron chi connectivity index (χ3n) is 11.0. The molecule has 10 rings (SSSR count). The molecule has 0 radical (unpaired) electrons. The molecule has 0 saturated carbocycles. The third-order valence-corrected chi connectivity index (χ3v) is 11.0. The van der Waals surface area contributed by atoms with Gasteiger partial charge in [0.05, 0.1) is 33.4 Å². The highest BCUT2D eigenvalue weighted by Crippen LogP contribution is 2.37. The van der Waals surface area contributed by atoms with Crippen LogP contribution in [0.25, 0.3) is 72.3 Å². The smallest absolute Gasteiger partial charge is 0.269 e. The first-order valence-electron chi connectivity index (χ1n) is 20.3. The van der Waals surface area contributed by atoms with Gasteiger partial charge in [-0.1, -0.05) is 142 Å². The van der Waals surface area contributed by atoms with Crippen molar-refractivity contribution in [3.05, 3.63) is 200 Å². The highest BCUT2D eigenvalue weighted by molar-refractivity contribution is 6.09. The van der Waals surface area contributed by atoms with Crippen LogP contribution in [0.3, 0.4) is 0 Å². The Morgan fingerprint density at radius 2 is 1.24 bits per heavy atom. The van der Waals surface area contributed by atoms with Gasteiger partial charge in [0.1, 0.15) is 17.3 Å². The maximum atomic E-state index is 6.74. The van der Waals surface area contributed by atoms with Crippen LogP contribution in [0.4, 0.5) is 0 Å². The molecule has 0 atom stereocenters. The van der Waals surface area contributed by atoms with Gasteiger partial charge < -0.3 is 4.74 Å². The van der Waals surface area contributed by atoms with Crippen LogP contribution in [0.5, 0.6) is 11.5 Å². The Morgan fingerprint density at radius 3 is 1.98 bits per heavy atom. The van der Waals surface area contributed by atoms with E-state index in [1.54, 1.807) is 0 Å². The molecular weight excluding hydrogens is 721 g/mol. The Bertz CT molecular complexity index is 3090. The van der Waals surface area contributed by atoms with E-state index in [2.05, 4.69) is 218 Å². The topological polar surface area (TPSA) is 35.9 Å². The van der Waals surface area contributed by atoms with E-state index in [1.165, 1.54) is 10.9 Å². The van der Waals surface area contributed by atoms with Gasteiger partial charge in [0.2, 0.25) is 0 Å². The molecular formula is C54H44N4O. The average Bonchev–Trinajstić information content (AvgIpc) is 3.80. The lowest BCUT2D eigenvalue weighted by Crippen LogP contribution is -2.32. The van der Waals surface area contributed by atoms with Crippen LogP contribution in [0.1, 0.15) is 31.9 Å². The first kappa shape index (κ1) is 36.1. The number of rotatable bonds is 8. The fraction of sp³-hybridized carbons (Fsp3) is 0.111. The van der Waals surface area contributed by atoms with Gasteiger partial charge in [0.25, 0.3) is 6.33 Å².